The number of nitrogens with one attached hydrogen (secondary N) is 1. The minimum Gasteiger partial charge on any atom is -0.396 e. The van der Waals surface area contributed by atoms with Crippen molar-refractivity contribution in [3.63, 3.8) is 0 Å². The Labute approximate surface area is 96.3 Å². The summed E-state index contributed by atoms with van der Waals surface area (Å²) in [5.74, 6) is 0. The minimum absolute atomic E-state index is 0.297. The van der Waals surface area contributed by atoms with Crippen molar-refractivity contribution in [1.82, 2.24) is 5.32 Å². The van der Waals surface area contributed by atoms with Gasteiger partial charge in [0.25, 0.3) is 0 Å². The number of aryl methyl sites for hydroxylation is 1. The SMILES string of the molecule is CCc1ccsc1CNC(C)CCCO. The monoisotopic (exact) mass is 227 g/mol. The average molecular weight is 227 g/mol. The molecule has 0 radical (unpaired) electrons. The predicted octanol–water partition coefficient (Wildman–Crippen LogP) is 2.56. The lowest BCUT2D eigenvalue weighted by molar-refractivity contribution is 0.276. The van der Waals surface area contributed by atoms with Gasteiger partial charge in [-0.3, -0.25) is 0 Å². The molecule has 0 aromatic carbocycles. The molecule has 0 aliphatic carbocycles. The fourth-order valence-electron chi connectivity index (χ4n) is 1.60. The van der Waals surface area contributed by atoms with Crippen LogP contribution in [0.25, 0.3) is 0 Å². The fourth-order valence-corrected chi connectivity index (χ4v) is 2.53. The smallest absolute Gasteiger partial charge is 0.0431 e. The van der Waals surface area contributed by atoms with Gasteiger partial charge in [-0.2, -0.15) is 0 Å². The Hall–Kier alpha value is -0.380. The number of thiophene rings is 1. The molecule has 0 aliphatic rings. The summed E-state index contributed by atoms with van der Waals surface area (Å²) in [7, 11) is 0. The van der Waals surface area contributed by atoms with E-state index in [9.17, 15) is 0 Å². The predicted molar refractivity (Wildman–Crippen MR) is 66.3 cm³/mol. The molecule has 0 fully saturated rings. The van der Waals surface area contributed by atoms with Crippen LogP contribution in [0.1, 0.15) is 37.1 Å². The van der Waals surface area contributed by atoms with E-state index in [4.69, 9.17) is 5.11 Å². The topological polar surface area (TPSA) is 32.3 Å². The van der Waals surface area contributed by atoms with E-state index in [-0.39, 0.29) is 0 Å². The summed E-state index contributed by atoms with van der Waals surface area (Å²) in [5, 5.41) is 14.4. The van der Waals surface area contributed by atoms with Gasteiger partial charge in [-0.1, -0.05) is 6.92 Å². The summed E-state index contributed by atoms with van der Waals surface area (Å²) in [6.07, 6.45) is 3.05. The van der Waals surface area contributed by atoms with Gasteiger partial charge >= 0.3 is 0 Å². The molecule has 1 rings (SSSR count). The zero-order valence-corrected chi connectivity index (χ0v) is 10.4. The molecular weight excluding hydrogens is 206 g/mol. The van der Waals surface area contributed by atoms with Crippen LogP contribution in [0.15, 0.2) is 11.4 Å². The zero-order chi connectivity index (χ0) is 11.1. The molecule has 1 aromatic rings. The maximum absolute atomic E-state index is 8.72. The summed E-state index contributed by atoms with van der Waals surface area (Å²) in [6.45, 7) is 5.63. The first-order valence-electron chi connectivity index (χ1n) is 5.67. The van der Waals surface area contributed by atoms with Crippen molar-refractivity contribution in [1.29, 1.82) is 0 Å². The molecule has 2 nitrogen and oxygen atoms in total. The van der Waals surface area contributed by atoms with E-state index in [1.807, 2.05) is 11.3 Å². The Morgan fingerprint density at radius 3 is 3.00 bits per heavy atom. The van der Waals surface area contributed by atoms with E-state index in [1.165, 1.54) is 10.4 Å². The van der Waals surface area contributed by atoms with Crippen molar-refractivity contribution in [2.24, 2.45) is 0 Å². The molecule has 1 atom stereocenters. The van der Waals surface area contributed by atoms with Crippen LogP contribution < -0.4 is 5.32 Å². The Balaban J connectivity index is 2.30. The molecule has 1 heterocycles. The molecule has 1 aromatic heterocycles. The molecule has 2 N–H and O–H groups in total. The number of hydrogen-bond donors (Lipinski definition) is 2. The Morgan fingerprint density at radius 2 is 2.33 bits per heavy atom. The normalized spacial score (nSPS) is 13.0. The molecule has 0 aliphatic heterocycles. The van der Waals surface area contributed by atoms with Crippen LogP contribution in [0.3, 0.4) is 0 Å². The van der Waals surface area contributed by atoms with Crippen molar-refractivity contribution < 1.29 is 5.11 Å². The van der Waals surface area contributed by atoms with E-state index < -0.39 is 0 Å². The first kappa shape index (κ1) is 12.7. The standard InChI is InChI=1S/C12H21NOS/c1-3-11-6-8-15-12(11)9-13-10(2)5-4-7-14/h6,8,10,13-14H,3-5,7,9H2,1-2H3. The number of hydrogen-bond acceptors (Lipinski definition) is 3. The third-order valence-corrected chi connectivity index (χ3v) is 3.59. The molecule has 0 spiro atoms. The zero-order valence-electron chi connectivity index (χ0n) is 9.62. The van der Waals surface area contributed by atoms with Gasteiger partial charge in [0.15, 0.2) is 0 Å². The lowest BCUT2D eigenvalue weighted by Crippen LogP contribution is -2.25. The van der Waals surface area contributed by atoms with Crippen LogP contribution in [0.2, 0.25) is 0 Å². The average Bonchev–Trinajstić information content (AvgIpc) is 2.70. The van der Waals surface area contributed by atoms with E-state index >= 15 is 0 Å². The first-order valence-corrected chi connectivity index (χ1v) is 6.55. The summed E-state index contributed by atoms with van der Waals surface area (Å²) in [4.78, 5) is 1.45. The summed E-state index contributed by atoms with van der Waals surface area (Å²) >= 11 is 1.83. The van der Waals surface area contributed by atoms with E-state index in [2.05, 4.69) is 30.6 Å². The maximum Gasteiger partial charge on any atom is 0.0431 e. The Kier molecular flexibility index (Phi) is 5.91. The van der Waals surface area contributed by atoms with Gasteiger partial charge in [0.1, 0.15) is 0 Å². The van der Waals surface area contributed by atoms with Crippen molar-refractivity contribution in [3.05, 3.63) is 21.9 Å². The highest BCUT2D eigenvalue weighted by Crippen LogP contribution is 2.17. The quantitative estimate of drug-likeness (QED) is 0.750. The molecule has 86 valence electrons. The molecule has 3 heteroatoms. The lowest BCUT2D eigenvalue weighted by Gasteiger charge is -2.12. The van der Waals surface area contributed by atoms with E-state index in [1.54, 1.807) is 0 Å². The van der Waals surface area contributed by atoms with Crippen LogP contribution in [0.5, 0.6) is 0 Å². The highest BCUT2D eigenvalue weighted by Gasteiger charge is 2.04. The van der Waals surface area contributed by atoms with Crippen LogP contribution in [-0.4, -0.2) is 17.8 Å². The number of rotatable bonds is 7. The van der Waals surface area contributed by atoms with Crippen LogP contribution in [0.4, 0.5) is 0 Å². The van der Waals surface area contributed by atoms with Gasteiger partial charge in [-0.25, -0.2) is 0 Å². The van der Waals surface area contributed by atoms with Gasteiger partial charge in [0.05, 0.1) is 0 Å². The highest BCUT2D eigenvalue weighted by atomic mass is 32.1. The molecule has 0 saturated heterocycles. The van der Waals surface area contributed by atoms with Gasteiger partial charge in [-0.05, 0) is 43.2 Å². The second-order valence-corrected chi connectivity index (χ2v) is 4.87. The van der Waals surface area contributed by atoms with Crippen molar-refractivity contribution in [3.8, 4) is 0 Å². The summed E-state index contributed by atoms with van der Waals surface area (Å²) in [6, 6.07) is 2.70. The Morgan fingerprint density at radius 1 is 1.53 bits per heavy atom. The summed E-state index contributed by atoms with van der Waals surface area (Å²) in [5.41, 5.74) is 1.46. The molecule has 15 heavy (non-hydrogen) atoms. The fraction of sp³-hybridized carbons (Fsp3) is 0.667. The second-order valence-electron chi connectivity index (χ2n) is 3.87. The van der Waals surface area contributed by atoms with E-state index in [0.29, 0.717) is 12.6 Å². The van der Waals surface area contributed by atoms with Gasteiger partial charge in [-0.15, -0.1) is 11.3 Å². The third kappa shape index (κ3) is 4.33. The molecule has 0 bridgehead atoms. The lowest BCUT2D eigenvalue weighted by atomic mass is 10.1. The number of aliphatic hydroxyl groups is 1. The molecule has 0 saturated carbocycles. The van der Waals surface area contributed by atoms with Gasteiger partial charge < -0.3 is 10.4 Å². The van der Waals surface area contributed by atoms with Crippen LogP contribution >= 0.6 is 11.3 Å². The number of aliphatic hydroxyl groups excluding tert-OH is 1. The molecular formula is C12H21NOS. The van der Waals surface area contributed by atoms with Crippen molar-refractivity contribution in [2.75, 3.05) is 6.61 Å². The molecule has 1 unspecified atom stereocenters. The summed E-state index contributed by atoms with van der Waals surface area (Å²) < 4.78 is 0. The van der Waals surface area contributed by atoms with Crippen molar-refractivity contribution >= 4 is 11.3 Å². The second kappa shape index (κ2) is 6.99. The van der Waals surface area contributed by atoms with E-state index in [0.717, 1.165) is 25.8 Å². The highest BCUT2D eigenvalue weighted by molar-refractivity contribution is 7.10. The minimum atomic E-state index is 0.297. The largest absolute Gasteiger partial charge is 0.396 e. The Bertz CT molecular complexity index is 272. The third-order valence-electron chi connectivity index (χ3n) is 2.62. The van der Waals surface area contributed by atoms with Gasteiger partial charge in [0.2, 0.25) is 0 Å². The van der Waals surface area contributed by atoms with Gasteiger partial charge in [0, 0.05) is 24.1 Å². The molecule has 0 amide bonds. The maximum atomic E-state index is 8.72. The first-order chi connectivity index (χ1) is 7.27. The van der Waals surface area contributed by atoms with Crippen LogP contribution in [0, 0.1) is 0 Å². The van der Waals surface area contributed by atoms with Crippen LogP contribution in [-0.2, 0) is 13.0 Å². The van der Waals surface area contributed by atoms with Crippen molar-refractivity contribution in [2.45, 2.75) is 45.7 Å².